The third-order valence-electron chi connectivity index (χ3n) is 3.31. The highest BCUT2D eigenvalue weighted by atomic mass is 32.2. The number of rotatable bonds is 8. The predicted molar refractivity (Wildman–Crippen MR) is 83.3 cm³/mol. The molecular formula is C15H26N2O2S. The zero-order chi connectivity index (χ0) is 15.2. The van der Waals surface area contributed by atoms with Crippen LogP contribution >= 0.6 is 0 Å². The Morgan fingerprint density at radius 3 is 2.50 bits per heavy atom. The third kappa shape index (κ3) is 4.30. The van der Waals surface area contributed by atoms with Crippen LogP contribution in [0.4, 0.5) is 0 Å². The monoisotopic (exact) mass is 298 g/mol. The fourth-order valence-electron chi connectivity index (χ4n) is 2.01. The van der Waals surface area contributed by atoms with Crippen molar-refractivity contribution in [1.29, 1.82) is 0 Å². The Hall–Kier alpha value is -0.910. The molecule has 0 aliphatic heterocycles. The summed E-state index contributed by atoms with van der Waals surface area (Å²) in [6.45, 7) is 8.28. The van der Waals surface area contributed by atoms with Gasteiger partial charge in [-0.15, -0.1) is 0 Å². The number of hydrogen-bond donors (Lipinski definition) is 1. The Bertz CT molecular complexity index is 527. The highest BCUT2D eigenvalue weighted by Gasteiger charge is 2.20. The van der Waals surface area contributed by atoms with Crippen LogP contribution < -0.4 is 5.32 Å². The van der Waals surface area contributed by atoms with Gasteiger partial charge in [0.25, 0.3) is 0 Å². The van der Waals surface area contributed by atoms with E-state index < -0.39 is 10.0 Å². The standard InChI is InChI=1S/C15H26N2O2S/c1-5-9-16-12-14-11-15(8-7-13(14)3)20(18,19)17(4)10-6-2/h7-8,11,16H,5-6,9-10,12H2,1-4H3. The topological polar surface area (TPSA) is 49.4 Å². The lowest BCUT2D eigenvalue weighted by Gasteiger charge is -2.17. The van der Waals surface area contributed by atoms with Gasteiger partial charge in [-0.05, 0) is 49.6 Å². The molecule has 1 rings (SSSR count). The fourth-order valence-corrected chi connectivity index (χ4v) is 3.33. The number of nitrogens with one attached hydrogen (secondary N) is 1. The Morgan fingerprint density at radius 2 is 1.90 bits per heavy atom. The Kier molecular flexibility index (Phi) is 6.65. The van der Waals surface area contributed by atoms with Crippen molar-refractivity contribution in [3.63, 3.8) is 0 Å². The first-order valence-electron chi connectivity index (χ1n) is 7.20. The third-order valence-corrected chi connectivity index (χ3v) is 5.16. The van der Waals surface area contributed by atoms with Crippen LogP contribution in [0.2, 0.25) is 0 Å². The predicted octanol–water partition coefficient (Wildman–Crippen LogP) is 2.53. The number of benzene rings is 1. The molecule has 0 saturated heterocycles. The molecule has 4 nitrogen and oxygen atoms in total. The molecule has 1 aromatic rings. The molecule has 1 N–H and O–H groups in total. The van der Waals surface area contributed by atoms with Crippen molar-refractivity contribution in [2.75, 3.05) is 20.1 Å². The van der Waals surface area contributed by atoms with E-state index in [-0.39, 0.29) is 0 Å². The normalized spacial score (nSPS) is 12.1. The molecule has 0 aliphatic carbocycles. The molecular weight excluding hydrogens is 272 g/mol. The molecule has 0 spiro atoms. The lowest BCUT2D eigenvalue weighted by atomic mass is 10.1. The summed E-state index contributed by atoms with van der Waals surface area (Å²) in [5, 5.41) is 3.32. The van der Waals surface area contributed by atoms with Crippen LogP contribution in [0.15, 0.2) is 23.1 Å². The average molecular weight is 298 g/mol. The van der Waals surface area contributed by atoms with Crippen LogP contribution in [-0.2, 0) is 16.6 Å². The zero-order valence-corrected chi connectivity index (χ0v) is 13.8. The SMILES string of the molecule is CCCNCc1cc(S(=O)(=O)N(C)CCC)ccc1C. The smallest absolute Gasteiger partial charge is 0.242 e. The van der Waals surface area contributed by atoms with Gasteiger partial charge in [-0.2, -0.15) is 0 Å². The second kappa shape index (κ2) is 7.76. The van der Waals surface area contributed by atoms with Gasteiger partial charge in [0, 0.05) is 20.1 Å². The summed E-state index contributed by atoms with van der Waals surface area (Å²) in [5.41, 5.74) is 2.16. The number of hydrogen-bond acceptors (Lipinski definition) is 3. The van der Waals surface area contributed by atoms with Crippen molar-refractivity contribution in [3.8, 4) is 0 Å². The van der Waals surface area contributed by atoms with E-state index in [1.165, 1.54) is 4.31 Å². The van der Waals surface area contributed by atoms with E-state index in [4.69, 9.17) is 0 Å². The first kappa shape index (κ1) is 17.1. The van der Waals surface area contributed by atoms with Crippen molar-refractivity contribution in [3.05, 3.63) is 29.3 Å². The van der Waals surface area contributed by atoms with Gasteiger partial charge in [-0.3, -0.25) is 0 Å². The van der Waals surface area contributed by atoms with Gasteiger partial charge in [0.05, 0.1) is 4.90 Å². The fraction of sp³-hybridized carbons (Fsp3) is 0.600. The van der Waals surface area contributed by atoms with Crippen LogP contribution in [0.3, 0.4) is 0 Å². The van der Waals surface area contributed by atoms with Crippen LogP contribution in [0.1, 0.15) is 37.8 Å². The summed E-state index contributed by atoms with van der Waals surface area (Å²) in [4.78, 5) is 0.382. The maximum atomic E-state index is 12.4. The van der Waals surface area contributed by atoms with Crippen LogP contribution in [0.25, 0.3) is 0 Å². The molecule has 20 heavy (non-hydrogen) atoms. The van der Waals surface area contributed by atoms with Gasteiger partial charge >= 0.3 is 0 Å². The van der Waals surface area contributed by atoms with Crippen LogP contribution in [0.5, 0.6) is 0 Å². The summed E-state index contributed by atoms with van der Waals surface area (Å²) >= 11 is 0. The summed E-state index contributed by atoms with van der Waals surface area (Å²) in [5.74, 6) is 0. The number of sulfonamides is 1. The van der Waals surface area contributed by atoms with Crippen molar-refractivity contribution < 1.29 is 8.42 Å². The minimum Gasteiger partial charge on any atom is -0.313 e. The molecule has 0 unspecified atom stereocenters. The van der Waals surface area contributed by atoms with Gasteiger partial charge < -0.3 is 5.32 Å². The van der Waals surface area contributed by atoms with E-state index in [9.17, 15) is 8.42 Å². The quantitative estimate of drug-likeness (QED) is 0.750. The lowest BCUT2D eigenvalue weighted by Crippen LogP contribution is -2.28. The van der Waals surface area contributed by atoms with Gasteiger partial charge in [-0.1, -0.05) is 19.9 Å². The summed E-state index contributed by atoms with van der Waals surface area (Å²) in [7, 11) is -1.73. The molecule has 0 fully saturated rings. The first-order valence-corrected chi connectivity index (χ1v) is 8.64. The Labute approximate surface area is 123 Å². The van der Waals surface area contributed by atoms with Crippen molar-refractivity contribution >= 4 is 10.0 Å². The summed E-state index contributed by atoms with van der Waals surface area (Å²) in [6, 6.07) is 5.37. The minimum atomic E-state index is -3.37. The van der Waals surface area contributed by atoms with Gasteiger partial charge in [-0.25, -0.2) is 12.7 Å². The van der Waals surface area contributed by atoms with E-state index in [2.05, 4.69) is 12.2 Å². The van der Waals surface area contributed by atoms with E-state index in [0.29, 0.717) is 18.0 Å². The largest absolute Gasteiger partial charge is 0.313 e. The highest BCUT2D eigenvalue weighted by molar-refractivity contribution is 7.89. The summed E-state index contributed by atoms with van der Waals surface area (Å²) < 4.78 is 26.3. The van der Waals surface area contributed by atoms with E-state index >= 15 is 0 Å². The molecule has 1 aromatic carbocycles. The van der Waals surface area contributed by atoms with E-state index in [1.54, 1.807) is 19.2 Å². The second-order valence-corrected chi connectivity index (χ2v) is 7.14. The first-order chi connectivity index (χ1) is 9.43. The molecule has 114 valence electrons. The maximum Gasteiger partial charge on any atom is 0.242 e. The van der Waals surface area contributed by atoms with Crippen molar-refractivity contribution in [2.45, 2.75) is 45.1 Å². The minimum absolute atomic E-state index is 0.382. The Balaban J connectivity index is 2.99. The zero-order valence-electron chi connectivity index (χ0n) is 12.9. The molecule has 0 radical (unpaired) electrons. The number of aryl methyl sites for hydroxylation is 1. The van der Waals surface area contributed by atoms with E-state index in [1.807, 2.05) is 19.9 Å². The second-order valence-electron chi connectivity index (χ2n) is 5.09. The highest BCUT2D eigenvalue weighted by Crippen LogP contribution is 2.19. The Morgan fingerprint density at radius 1 is 1.20 bits per heavy atom. The molecule has 0 amide bonds. The van der Waals surface area contributed by atoms with Gasteiger partial charge in [0.2, 0.25) is 10.0 Å². The van der Waals surface area contributed by atoms with Crippen LogP contribution in [0, 0.1) is 6.92 Å². The molecule has 0 saturated carbocycles. The van der Waals surface area contributed by atoms with Crippen molar-refractivity contribution in [2.24, 2.45) is 0 Å². The number of nitrogens with zero attached hydrogens (tertiary/aromatic N) is 1. The van der Waals surface area contributed by atoms with Crippen LogP contribution in [-0.4, -0.2) is 32.9 Å². The average Bonchev–Trinajstić information content (AvgIpc) is 2.41. The summed E-state index contributed by atoms with van der Waals surface area (Å²) in [6.07, 6.45) is 1.88. The molecule has 0 aromatic heterocycles. The van der Waals surface area contributed by atoms with E-state index in [0.717, 1.165) is 30.5 Å². The molecule has 5 heteroatoms. The van der Waals surface area contributed by atoms with Crippen molar-refractivity contribution in [1.82, 2.24) is 9.62 Å². The van der Waals surface area contributed by atoms with Gasteiger partial charge in [0.1, 0.15) is 0 Å². The molecule has 0 bridgehead atoms. The lowest BCUT2D eigenvalue weighted by molar-refractivity contribution is 0.468. The molecule has 0 aliphatic rings. The molecule has 0 heterocycles. The maximum absolute atomic E-state index is 12.4. The molecule has 0 atom stereocenters. The van der Waals surface area contributed by atoms with Gasteiger partial charge in [0.15, 0.2) is 0 Å².